The molecule has 0 aromatic heterocycles. The molecule has 1 atom stereocenters. The molecule has 14 heteroatoms. The van der Waals surface area contributed by atoms with E-state index >= 15 is 0 Å². The molecule has 0 aliphatic carbocycles. The summed E-state index contributed by atoms with van der Waals surface area (Å²) in [5.74, 6) is -6.91. The first-order valence-electron chi connectivity index (χ1n) is 11.6. The van der Waals surface area contributed by atoms with Crippen molar-refractivity contribution >= 4 is 41.2 Å². The third-order valence-corrected chi connectivity index (χ3v) is 5.66. The number of alkyl halides is 3. The molecule has 1 aliphatic rings. The number of nitrogen functional groups attached to an aromatic ring is 1. The zero-order valence-corrected chi connectivity index (χ0v) is 20.3. The number of nitrogens with one attached hydrogen (secondary N) is 3. The Kier molecular flexibility index (Phi) is 9.01. The maximum atomic E-state index is 12.9. The first-order valence-corrected chi connectivity index (χ1v) is 11.6. The van der Waals surface area contributed by atoms with Gasteiger partial charge < -0.3 is 26.0 Å². The van der Waals surface area contributed by atoms with E-state index in [0.717, 1.165) is 12.8 Å². The lowest BCUT2D eigenvalue weighted by atomic mass is 10.1. The molecule has 2 aromatic carbocycles. The van der Waals surface area contributed by atoms with Gasteiger partial charge >= 0.3 is 18.1 Å². The van der Waals surface area contributed by atoms with Crippen molar-refractivity contribution in [3.8, 4) is 0 Å². The van der Waals surface area contributed by atoms with Crippen LogP contribution in [0.1, 0.15) is 45.5 Å². The Bertz CT molecular complexity index is 1290. The summed E-state index contributed by atoms with van der Waals surface area (Å²) in [6, 6.07) is 9.35. The Morgan fingerprint density at radius 3 is 2.18 bits per heavy atom. The van der Waals surface area contributed by atoms with Crippen molar-refractivity contribution in [2.45, 2.75) is 31.5 Å². The molecule has 11 nitrogen and oxygen atoms in total. The molecule has 39 heavy (non-hydrogen) atoms. The number of amides is 3. The van der Waals surface area contributed by atoms with Crippen LogP contribution in [0, 0.1) is 5.41 Å². The highest BCUT2D eigenvalue weighted by Crippen LogP contribution is 2.18. The van der Waals surface area contributed by atoms with E-state index in [4.69, 9.17) is 11.1 Å². The van der Waals surface area contributed by atoms with Crippen LogP contribution >= 0.6 is 0 Å². The number of likely N-dealkylation sites (tertiary alicyclic amines) is 1. The first-order chi connectivity index (χ1) is 18.3. The molecule has 0 bridgehead atoms. The highest BCUT2D eigenvalue weighted by molar-refractivity contribution is 6.04. The minimum absolute atomic E-state index is 0.0101. The number of hydrogen-bond donors (Lipinski definition) is 4. The fourth-order valence-corrected chi connectivity index (χ4v) is 3.68. The number of esters is 2. The monoisotopic (exact) mass is 547 g/mol. The van der Waals surface area contributed by atoms with E-state index in [9.17, 15) is 37.1 Å². The van der Waals surface area contributed by atoms with Gasteiger partial charge in [0, 0.05) is 35.5 Å². The summed E-state index contributed by atoms with van der Waals surface area (Å²) < 4.78 is 41.2. The number of anilines is 1. The van der Waals surface area contributed by atoms with Gasteiger partial charge in [-0.15, -0.1) is 0 Å². The number of nitrogens with two attached hydrogens (primary N) is 1. The van der Waals surface area contributed by atoms with Crippen LogP contribution in [-0.2, 0) is 19.1 Å². The van der Waals surface area contributed by atoms with E-state index in [1.807, 2.05) is 0 Å². The van der Waals surface area contributed by atoms with Gasteiger partial charge in [-0.3, -0.25) is 24.6 Å². The Hall–Kier alpha value is -4.75. The van der Waals surface area contributed by atoms with E-state index in [2.05, 4.69) is 15.4 Å². The molecule has 2 aromatic rings. The van der Waals surface area contributed by atoms with Gasteiger partial charge in [0.2, 0.25) is 5.91 Å². The van der Waals surface area contributed by atoms with Crippen molar-refractivity contribution in [2.75, 3.05) is 18.4 Å². The minimum atomic E-state index is -5.45. The summed E-state index contributed by atoms with van der Waals surface area (Å²) in [5.41, 5.74) is 6.10. The lowest BCUT2D eigenvalue weighted by molar-refractivity contribution is -0.202. The molecule has 3 amide bonds. The lowest BCUT2D eigenvalue weighted by Crippen LogP contribution is -2.45. The fourth-order valence-electron chi connectivity index (χ4n) is 3.68. The SMILES string of the molecule is N=C(N)c1cccc(NC(=O)[C@@H](CC(=O)OC(=O)C(F)(F)F)NC(=O)c2ccc(C(=O)N3CCCC3)cc2)c1. The van der Waals surface area contributed by atoms with Crippen molar-refractivity contribution < 1.29 is 41.9 Å². The number of rotatable bonds is 8. The van der Waals surface area contributed by atoms with Crippen molar-refractivity contribution in [3.05, 3.63) is 65.2 Å². The normalized spacial score (nSPS) is 13.8. The van der Waals surface area contributed by atoms with E-state index in [0.29, 0.717) is 18.7 Å². The molecule has 1 aliphatic heterocycles. The third kappa shape index (κ3) is 7.87. The summed E-state index contributed by atoms with van der Waals surface area (Å²) >= 11 is 0. The fraction of sp³-hybridized carbons (Fsp3) is 0.280. The lowest BCUT2D eigenvalue weighted by Gasteiger charge is -2.19. The van der Waals surface area contributed by atoms with E-state index in [-0.39, 0.29) is 28.6 Å². The van der Waals surface area contributed by atoms with Crippen LogP contribution in [0.15, 0.2) is 48.5 Å². The second-order valence-electron chi connectivity index (χ2n) is 8.55. The maximum Gasteiger partial charge on any atom is 0.491 e. The number of ether oxygens (including phenoxy) is 1. The van der Waals surface area contributed by atoms with Crippen LogP contribution in [0.25, 0.3) is 0 Å². The molecular formula is C25H24F3N5O6. The number of carbonyl (C=O) groups is 5. The maximum absolute atomic E-state index is 12.9. The van der Waals surface area contributed by atoms with Crippen LogP contribution in [0.4, 0.5) is 18.9 Å². The Balaban J connectivity index is 1.76. The van der Waals surface area contributed by atoms with Crippen LogP contribution < -0.4 is 16.4 Å². The van der Waals surface area contributed by atoms with Crippen molar-refractivity contribution in [3.63, 3.8) is 0 Å². The van der Waals surface area contributed by atoms with Gasteiger partial charge in [-0.1, -0.05) is 12.1 Å². The van der Waals surface area contributed by atoms with Gasteiger partial charge in [0.25, 0.3) is 11.8 Å². The van der Waals surface area contributed by atoms with Crippen LogP contribution in [-0.4, -0.2) is 65.7 Å². The minimum Gasteiger partial charge on any atom is -0.386 e. The van der Waals surface area contributed by atoms with Crippen molar-refractivity contribution in [1.29, 1.82) is 5.41 Å². The highest BCUT2D eigenvalue weighted by atomic mass is 19.4. The number of carbonyl (C=O) groups excluding carboxylic acids is 5. The van der Waals surface area contributed by atoms with Gasteiger partial charge in [0.15, 0.2) is 0 Å². The summed E-state index contributed by atoms with van der Waals surface area (Å²) in [6.07, 6.45) is -4.77. The van der Waals surface area contributed by atoms with Crippen LogP contribution in [0.5, 0.6) is 0 Å². The molecule has 3 rings (SSSR count). The Morgan fingerprint density at radius 2 is 1.59 bits per heavy atom. The summed E-state index contributed by atoms with van der Waals surface area (Å²) in [4.78, 5) is 62.9. The van der Waals surface area contributed by atoms with Gasteiger partial charge in [0.05, 0.1) is 6.42 Å². The molecule has 0 saturated carbocycles. The van der Waals surface area contributed by atoms with Crippen LogP contribution in [0.3, 0.4) is 0 Å². The number of hydrogen-bond acceptors (Lipinski definition) is 7. The zero-order valence-electron chi connectivity index (χ0n) is 20.3. The summed E-state index contributed by atoms with van der Waals surface area (Å²) in [5, 5.41) is 12.1. The largest absolute Gasteiger partial charge is 0.491 e. The molecule has 0 radical (unpaired) electrons. The second kappa shape index (κ2) is 12.2. The summed E-state index contributed by atoms with van der Waals surface area (Å²) in [7, 11) is 0. The molecule has 0 spiro atoms. The molecule has 206 valence electrons. The van der Waals surface area contributed by atoms with Crippen molar-refractivity contribution in [1.82, 2.24) is 10.2 Å². The number of nitrogens with zero attached hydrogens (tertiary/aromatic N) is 1. The topological polar surface area (TPSA) is 172 Å². The average Bonchev–Trinajstić information content (AvgIpc) is 3.42. The molecule has 1 heterocycles. The van der Waals surface area contributed by atoms with E-state index < -0.39 is 42.4 Å². The predicted molar refractivity (Wildman–Crippen MR) is 131 cm³/mol. The second-order valence-corrected chi connectivity index (χ2v) is 8.55. The van der Waals surface area contributed by atoms with Crippen LogP contribution in [0.2, 0.25) is 0 Å². The summed E-state index contributed by atoms with van der Waals surface area (Å²) in [6.45, 7) is 1.25. The number of benzene rings is 2. The standard InChI is InChI=1S/C25H24F3N5O6/c26-25(27,28)24(38)39-19(34)13-18(22(36)31-17-5-3-4-16(12-17)20(29)30)32-21(35)14-6-8-15(9-7-14)23(37)33-10-1-2-11-33/h3-9,12,18H,1-2,10-11,13H2,(H3,29,30)(H,31,36)(H,32,35)/t18-/m1/s1. The van der Waals surface area contributed by atoms with Crippen molar-refractivity contribution in [2.24, 2.45) is 5.73 Å². The van der Waals surface area contributed by atoms with Gasteiger partial charge in [0.1, 0.15) is 11.9 Å². The first kappa shape index (κ1) is 28.8. The number of amidine groups is 1. The smallest absolute Gasteiger partial charge is 0.386 e. The molecule has 1 fully saturated rings. The molecule has 1 saturated heterocycles. The van der Waals surface area contributed by atoms with Gasteiger partial charge in [-0.25, -0.2) is 4.79 Å². The van der Waals surface area contributed by atoms with Gasteiger partial charge in [-0.05, 0) is 49.2 Å². The average molecular weight is 547 g/mol. The van der Waals surface area contributed by atoms with Gasteiger partial charge in [-0.2, -0.15) is 13.2 Å². The predicted octanol–water partition coefficient (Wildman–Crippen LogP) is 1.97. The Morgan fingerprint density at radius 1 is 0.974 bits per heavy atom. The molecule has 0 unspecified atom stereocenters. The number of halogens is 3. The van der Waals surface area contributed by atoms with E-state index in [1.165, 1.54) is 48.5 Å². The quantitative estimate of drug-likeness (QED) is 0.169. The highest BCUT2D eigenvalue weighted by Gasteiger charge is 2.43. The van der Waals surface area contributed by atoms with E-state index in [1.54, 1.807) is 4.90 Å². The molecular weight excluding hydrogens is 523 g/mol. The third-order valence-electron chi connectivity index (χ3n) is 5.66. The molecule has 5 N–H and O–H groups in total. The zero-order chi connectivity index (χ0) is 28.7. The Labute approximate surface area is 220 Å².